The summed E-state index contributed by atoms with van der Waals surface area (Å²) in [5.74, 6) is 0.446. The lowest BCUT2D eigenvalue weighted by Gasteiger charge is -2.38. The monoisotopic (exact) mass is 477 g/mol. The summed E-state index contributed by atoms with van der Waals surface area (Å²) in [6.45, 7) is 5.81. The molecule has 8 nitrogen and oxygen atoms in total. The van der Waals surface area contributed by atoms with Crippen LogP contribution in [0.4, 0.5) is 0 Å². The molecule has 2 aromatic carbocycles. The summed E-state index contributed by atoms with van der Waals surface area (Å²) in [6, 6.07) is 13.0. The Morgan fingerprint density at radius 1 is 1.00 bits per heavy atom. The van der Waals surface area contributed by atoms with Gasteiger partial charge in [0.05, 0.1) is 17.6 Å². The number of nitrogens with zero attached hydrogens (tertiary/aromatic N) is 1. The summed E-state index contributed by atoms with van der Waals surface area (Å²) in [5, 5.41) is 9.92. The summed E-state index contributed by atoms with van der Waals surface area (Å²) in [5.41, 5.74) is 0. The lowest BCUT2D eigenvalue weighted by molar-refractivity contribution is -0.141. The minimum absolute atomic E-state index is 0.0247. The van der Waals surface area contributed by atoms with Crippen LogP contribution in [0.3, 0.4) is 0 Å². The number of hydrogen-bond donors (Lipinski definition) is 1. The summed E-state index contributed by atoms with van der Waals surface area (Å²) in [6.07, 6.45) is 0.118. The van der Waals surface area contributed by atoms with E-state index in [4.69, 9.17) is 14.2 Å². The molecule has 1 fully saturated rings. The zero-order chi connectivity index (χ0) is 24.1. The first-order chi connectivity index (χ1) is 15.7. The fourth-order valence-corrected chi connectivity index (χ4v) is 5.76. The molecule has 2 aromatic rings. The quantitative estimate of drug-likeness (QED) is 0.554. The molecule has 1 N–H and O–H groups in total. The van der Waals surface area contributed by atoms with Crippen molar-refractivity contribution in [2.24, 2.45) is 0 Å². The minimum Gasteiger partial charge on any atom is -0.491 e. The predicted octanol–water partition coefficient (Wildman–Crippen LogP) is 3.61. The number of piperidine rings is 1. The Balaban J connectivity index is 1.73. The van der Waals surface area contributed by atoms with E-state index in [0.29, 0.717) is 37.7 Å². The van der Waals surface area contributed by atoms with Gasteiger partial charge in [-0.2, -0.15) is 0 Å². The van der Waals surface area contributed by atoms with Crippen molar-refractivity contribution >= 4 is 15.8 Å². The lowest BCUT2D eigenvalue weighted by atomic mass is 9.96. The van der Waals surface area contributed by atoms with Gasteiger partial charge in [-0.25, -0.2) is 8.42 Å². The minimum atomic E-state index is -4.10. The van der Waals surface area contributed by atoms with Crippen molar-refractivity contribution in [1.29, 1.82) is 0 Å². The molecule has 0 unspecified atom stereocenters. The highest BCUT2D eigenvalue weighted by Crippen LogP contribution is 2.37. The third-order valence-corrected chi connectivity index (χ3v) is 8.25. The van der Waals surface area contributed by atoms with Crippen molar-refractivity contribution in [1.82, 2.24) is 4.90 Å². The lowest BCUT2D eigenvalue weighted by Crippen LogP contribution is -2.54. The van der Waals surface area contributed by atoms with Crippen LogP contribution < -0.4 is 9.47 Å². The van der Waals surface area contributed by atoms with Crippen molar-refractivity contribution in [2.75, 3.05) is 33.4 Å². The molecule has 1 heterocycles. The van der Waals surface area contributed by atoms with Gasteiger partial charge in [0.1, 0.15) is 17.2 Å². The van der Waals surface area contributed by atoms with Gasteiger partial charge in [-0.3, -0.25) is 4.79 Å². The van der Waals surface area contributed by atoms with Crippen LogP contribution >= 0.6 is 0 Å². The van der Waals surface area contributed by atoms with Crippen LogP contribution in [0.25, 0.3) is 0 Å². The highest BCUT2D eigenvalue weighted by Gasteiger charge is 2.53. The molecule has 1 aliphatic rings. The van der Waals surface area contributed by atoms with Gasteiger partial charge in [0, 0.05) is 26.7 Å². The van der Waals surface area contributed by atoms with E-state index in [1.165, 1.54) is 24.3 Å². The molecule has 9 heteroatoms. The molecule has 0 bridgehead atoms. The SMILES string of the molecule is COCCN1CCC(C(=O)O)(S(=O)(=O)c2ccc(Oc3ccc(OC(C)C)cc3)cc2)CC1. The number of rotatable bonds is 10. The molecule has 1 saturated heterocycles. The summed E-state index contributed by atoms with van der Waals surface area (Å²) in [4.78, 5) is 14.2. The second-order valence-electron chi connectivity index (χ2n) is 8.35. The van der Waals surface area contributed by atoms with Crippen LogP contribution in [0.2, 0.25) is 0 Å². The highest BCUT2D eigenvalue weighted by molar-refractivity contribution is 7.93. The zero-order valence-electron chi connectivity index (χ0n) is 19.2. The van der Waals surface area contributed by atoms with Gasteiger partial charge in [-0.05, 0) is 75.2 Å². The van der Waals surface area contributed by atoms with Crippen LogP contribution in [0, 0.1) is 0 Å². The van der Waals surface area contributed by atoms with Crippen molar-refractivity contribution in [2.45, 2.75) is 42.4 Å². The standard InChI is InChI=1S/C24H31NO7S/c1-18(2)31-19-4-6-20(7-5-19)32-21-8-10-22(11-9-21)33(28,29)24(23(26)27)12-14-25(15-13-24)16-17-30-3/h4-11,18H,12-17H2,1-3H3,(H,26,27). The van der Waals surface area contributed by atoms with E-state index in [0.717, 1.165) is 5.75 Å². The van der Waals surface area contributed by atoms with E-state index in [9.17, 15) is 18.3 Å². The molecule has 180 valence electrons. The number of ether oxygens (including phenoxy) is 3. The molecule has 0 atom stereocenters. The van der Waals surface area contributed by atoms with Gasteiger partial charge >= 0.3 is 5.97 Å². The molecular weight excluding hydrogens is 446 g/mol. The second kappa shape index (κ2) is 10.5. The van der Waals surface area contributed by atoms with Gasteiger partial charge < -0.3 is 24.2 Å². The van der Waals surface area contributed by atoms with E-state index in [1.54, 1.807) is 31.4 Å². The molecule has 33 heavy (non-hydrogen) atoms. The van der Waals surface area contributed by atoms with Crippen LogP contribution in [0.15, 0.2) is 53.4 Å². The third-order valence-electron chi connectivity index (χ3n) is 5.74. The molecule has 0 spiro atoms. The maximum Gasteiger partial charge on any atom is 0.325 e. The number of carboxylic acids is 1. The average molecular weight is 478 g/mol. The fraction of sp³-hybridized carbons (Fsp3) is 0.458. The normalized spacial score (nSPS) is 16.5. The van der Waals surface area contributed by atoms with Gasteiger partial charge in [-0.1, -0.05) is 0 Å². The maximum absolute atomic E-state index is 13.4. The molecule has 0 aromatic heterocycles. The number of aliphatic carboxylic acids is 1. The van der Waals surface area contributed by atoms with Crippen LogP contribution in [0.1, 0.15) is 26.7 Å². The topological polar surface area (TPSA) is 102 Å². The Morgan fingerprint density at radius 3 is 2.00 bits per heavy atom. The van der Waals surface area contributed by atoms with Gasteiger partial charge in [0.25, 0.3) is 0 Å². The first-order valence-corrected chi connectivity index (χ1v) is 12.4. The first kappa shape index (κ1) is 25.0. The largest absolute Gasteiger partial charge is 0.491 e. The van der Waals surface area contributed by atoms with Gasteiger partial charge in [0.15, 0.2) is 14.6 Å². The second-order valence-corrected chi connectivity index (χ2v) is 10.6. The van der Waals surface area contributed by atoms with Crippen molar-refractivity contribution in [3.05, 3.63) is 48.5 Å². The maximum atomic E-state index is 13.4. The van der Waals surface area contributed by atoms with Crippen molar-refractivity contribution in [3.8, 4) is 17.2 Å². The van der Waals surface area contributed by atoms with Gasteiger partial charge in [0.2, 0.25) is 0 Å². The van der Waals surface area contributed by atoms with Crippen molar-refractivity contribution in [3.63, 3.8) is 0 Å². The molecule has 0 radical (unpaired) electrons. The number of carboxylic acid groups (broad SMARTS) is 1. The Hall–Kier alpha value is -2.62. The molecule has 1 aliphatic heterocycles. The Kier molecular flexibility index (Phi) is 7.99. The number of sulfone groups is 1. The summed E-state index contributed by atoms with van der Waals surface area (Å²) < 4.78 is 41.4. The molecule has 0 saturated carbocycles. The number of carbonyl (C=O) groups is 1. The predicted molar refractivity (Wildman–Crippen MR) is 124 cm³/mol. The van der Waals surface area contributed by atoms with Crippen LogP contribution in [0.5, 0.6) is 17.2 Å². The van der Waals surface area contributed by atoms with Crippen LogP contribution in [-0.2, 0) is 19.4 Å². The molecule has 0 aliphatic carbocycles. The Labute approximate surface area is 195 Å². The Morgan fingerprint density at radius 2 is 1.52 bits per heavy atom. The number of hydrogen-bond acceptors (Lipinski definition) is 7. The number of likely N-dealkylation sites (tertiary alicyclic amines) is 1. The van der Waals surface area contributed by atoms with Crippen molar-refractivity contribution < 1.29 is 32.5 Å². The summed E-state index contributed by atoms with van der Waals surface area (Å²) >= 11 is 0. The average Bonchev–Trinajstić information content (AvgIpc) is 2.79. The molecule has 0 amide bonds. The molecule has 3 rings (SSSR count). The number of benzene rings is 2. The van der Waals surface area contributed by atoms with E-state index in [1.807, 2.05) is 18.7 Å². The summed E-state index contributed by atoms with van der Waals surface area (Å²) in [7, 11) is -2.51. The zero-order valence-corrected chi connectivity index (χ0v) is 20.0. The molecular formula is C24H31NO7S. The van der Waals surface area contributed by atoms with E-state index >= 15 is 0 Å². The smallest absolute Gasteiger partial charge is 0.325 e. The first-order valence-electron chi connectivity index (χ1n) is 10.9. The number of methoxy groups -OCH3 is 1. The van der Waals surface area contributed by atoms with Gasteiger partial charge in [-0.15, -0.1) is 0 Å². The van der Waals surface area contributed by atoms with Crippen LogP contribution in [-0.4, -0.2) is 68.6 Å². The van der Waals surface area contributed by atoms with E-state index < -0.39 is 20.6 Å². The fourth-order valence-electron chi connectivity index (χ4n) is 3.86. The Bertz CT molecular complexity index is 1030. The third kappa shape index (κ3) is 5.66. The highest BCUT2D eigenvalue weighted by atomic mass is 32.2. The van der Waals surface area contributed by atoms with E-state index in [-0.39, 0.29) is 23.8 Å². The van der Waals surface area contributed by atoms with E-state index in [2.05, 4.69) is 0 Å².